The van der Waals surface area contributed by atoms with Gasteiger partial charge in [-0.3, -0.25) is 0 Å². The largest absolute Gasteiger partial charge is 1.00 e. The molecule has 2 N–H and O–H groups in total. The second kappa shape index (κ2) is 4.23. The Bertz CT molecular complexity index is 361. The van der Waals surface area contributed by atoms with E-state index in [1.165, 1.54) is 0 Å². The van der Waals surface area contributed by atoms with Gasteiger partial charge in [-0.2, -0.15) is 0 Å². The summed E-state index contributed by atoms with van der Waals surface area (Å²) in [6.45, 7) is 8.14. The molecule has 0 unspecified atom stereocenters. The van der Waals surface area contributed by atoms with Gasteiger partial charge in [-0.05, 0) is 46.4 Å². The smallest absolute Gasteiger partial charge is 0.860 e. The van der Waals surface area contributed by atoms with Crippen molar-refractivity contribution in [3.8, 4) is 0 Å². The minimum Gasteiger partial charge on any atom is -0.860 e. The maximum absolute atomic E-state index is 11.9. The van der Waals surface area contributed by atoms with Crippen molar-refractivity contribution in [3.63, 3.8) is 0 Å². The van der Waals surface area contributed by atoms with E-state index in [1.54, 1.807) is 0 Å². The normalized spacial score (nSPS) is 28.2. The van der Waals surface area contributed by atoms with Gasteiger partial charge in [0.1, 0.15) is 0 Å². The van der Waals surface area contributed by atoms with Crippen molar-refractivity contribution in [2.75, 3.05) is 0 Å². The Hall–Kier alpha value is -0.100. The summed E-state index contributed by atoms with van der Waals surface area (Å²) in [6.07, 6.45) is 1.16. The van der Waals surface area contributed by atoms with Crippen LogP contribution in [-0.2, 0) is 0 Å². The molecule has 6 heteroatoms. The number of nitrogens with one attached hydrogen (secondary N) is 2. The fourth-order valence-electron chi connectivity index (χ4n) is 3.30. The number of hydrogen-bond donors (Lipinski definition) is 2. The third kappa shape index (κ3) is 2.84. The van der Waals surface area contributed by atoms with Gasteiger partial charge in [0.05, 0.1) is 5.54 Å². The van der Waals surface area contributed by atoms with Crippen LogP contribution in [0.4, 0.5) is 4.79 Å². The maximum Gasteiger partial charge on any atom is 1.00 e. The molecule has 0 aromatic heterocycles. The van der Waals surface area contributed by atoms with Gasteiger partial charge >= 0.3 is 35.6 Å². The third-order valence-corrected chi connectivity index (χ3v) is 3.12. The number of rotatable bonds is 0. The molecule has 0 aromatic carbocycles. The van der Waals surface area contributed by atoms with Crippen LogP contribution < -0.4 is 45.3 Å². The van der Waals surface area contributed by atoms with Crippen molar-refractivity contribution in [1.29, 1.82) is 0 Å². The molecule has 2 rings (SSSR count). The molecule has 0 radical (unpaired) electrons. The molecule has 5 nitrogen and oxygen atoms in total. The van der Waals surface area contributed by atoms with Crippen LogP contribution in [0.25, 0.3) is 0 Å². The summed E-state index contributed by atoms with van der Waals surface area (Å²) in [5, 5.41) is 18.1. The topological polar surface area (TPSA) is 76.5 Å². The van der Waals surface area contributed by atoms with E-state index in [2.05, 4.69) is 15.6 Å². The van der Waals surface area contributed by atoms with E-state index < -0.39 is 11.6 Å². The molecule has 0 aliphatic carbocycles. The van der Waals surface area contributed by atoms with Crippen LogP contribution in [0.2, 0.25) is 0 Å². The molecule has 1 spiro atoms. The van der Waals surface area contributed by atoms with Gasteiger partial charge in [0.15, 0.2) is 0 Å². The van der Waals surface area contributed by atoms with Gasteiger partial charge in [0, 0.05) is 11.1 Å². The van der Waals surface area contributed by atoms with Crippen molar-refractivity contribution >= 4 is 11.9 Å². The SMILES string of the molecule is CC1(C)CC2(CC(C)(C)N1)NC(=O)N=C2[O-].[Na+]. The van der Waals surface area contributed by atoms with Gasteiger partial charge in [0.25, 0.3) is 0 Å². The predicted molar refractivity (Wildman–Crippen MR) is 59.2 cm³/mol. The standard InChI is InChI=1S/C11H19N3O2.Na/c1-9(2)5-11(6-10(3,4)14-9)7(15)12-8(16)13-11;/h14H,5-6H2,1-4H3,(H2,12,13,15,16);/q;+1/p-1. The molecule has 17 heavy (non-hydrogen) atoms. The van der Waals surface area contributed by atoms with Crippen LogP contribution in [0.5, 0.6) is 0 Å². The summed E-state index contributed by atoms with van der Waals surface area (Å²) >= 11 is 0. The van der Waals surface area contributed by atoms with Crippen LogP contribution in [0.15, 0.2) is 4.99 Å². The number of aliphatic imine (C=N–C) groups is 1. The number of carbonyl (C=O) groups excluding carboxylic acids is 1. The monoisotopic (exact) mass is 247 g/mol. The number of urea groups is 1. The van der Waals surface area contributed by atoms with Gasteiger partial charge in [-0.15, -0.1) is 0 Å². The average Bonchev–Trinajstić information content (AvgIpc) is 2.17. The van der Waals surface area contributed by atoms with Gasteiger partial charge < -0.3 is 15.7 Å². The van der Waals surface area contributed by atoms with Gasteiger partial charge in [0.2, 0.25) is 0 Å². The molecule has 90 valence electrons. The zero-order valence-corrected chi connectivity index (χ0v) is 13.2. The van der Waals surface area contributed by atoms with E-state index in [9.17, 15) is 9.90 Å². The molecule has 2 amide bonds. The number of piperidine rings is 1. The maximum atomic E-state index is 11.9. The summed E-state index contributed by atoms with van der Waals surface area (Å²) in [6, 6.07) is -0.501. The van der Waals surface area contributed by atoms with Crippen molar-refractivity contribution in [1.82, 2.24) is 10.6 Å². The summed E-state index contributed by atoms with van der Waals surface area (Å²) in [5.74, 6) is -0.319. The van der Waals surface area contributed by atoms with Crippen molar-refractivity contribution in [2.45, 2.75) is 57.2 Å². The molecule has 0 aromatic rings. The molecule has 2 aliphatic heterocycles. The fourth-order valence-corrected chi connectivity index (χ4v) is 3.30. The quantitative estimate of drug-likeness (QED) is 0.452. The molecule has 2 aliphatic rings. The van der Waals surface area contributed by atoms with E-state index in [-0.39, 0.29) is 46.5 Å². The van der Waals surface area contributed by atoms with Crippen molar-refractivity contribution < 1.29 is 39.5 Å². The summed E-state index contributed by atoms with van der Waals surface area (Å²) in [7, 11) is 0. The van der Waals surface area contributed by atoms with Crippen molar-refractivity contribution in [3.05, 3.63) is 0 Å². The number of amides is 2. The molecular weight excluding hydrogens is 229 g/mol. The van der Waals surface area contributed by atoms with E-state index in [1.807, 2.05) is 27.7 Å². The second-order valence-corrected chi connectivity index (χ2v) is 6.18. The van der Waals surface area contributed by atoms with E-state index in [0.717, 1.165) is 0 Å². The summed E-state index contributed by atoms with van der Waals surface area (Å²) in [4.78, 5) is 14.7. The molecule has 1 saturated heterocycles. The minimum absolute atomic E-state index is 0. The van der Waals surface area contributed by atoms with Crippen LogP contribution in [0.1, 0.15) is 40.5 Å². The Morgan fingerprint density at radius 3 is 2.00 bits per heavy atom. The summed E-state index contributed by atoms with van der Waals surface area (Å²) < 4.78 is 0. The van der Waals surface area contributed by atoms with Crippen LogP contribution in [0, 0.1) is 0 Å². The fraction of sp³-hybridized carbons (Fsp3) is 0.818. The first-order valence-corrected chi connectivity index (χ1v) is 5.52. The minimum atomic E-state index is -0.796. The molecule has 2 heterocycles. The Labute approximate surface area is 124 Å². The average molecular weight is 247 g/mol. The zero-order chi connectivity index (χ0) is 12.2. The van der Waals surface area contributed by atoms with Crippen LogP contribution in [-0.4, -0.2) is 28.5 Å². The van der Waals surface area contributed by atoms with Gasteiger partial charge in [-0.1, -0.05) is 0 Å². The zero-order valence-electron chi connectivity index (χ0n) is 11.2. The number of carbonyl (C=O) groups is 1. The summed E-state index contributed by atoms with van der Waals surface area (Å²) in [5.41, 5.74) is -1.18. The second-order valence-electron chi connectivity index (χ2n) is 6.18. The first-order chi connectivity index (χ1) is 7.14. The molecular formula is C11H18N3NaO2. The molecule has 0 atom stereocenters. The molecule has 0 bridgehead atoms. The van der Waals surface area contributed by atoms with Gasteiger partial charge in [-0.25, -0.2) is 9.79 Å². The molecule has 0 saturated carbocycles. The Morgan fingerprint density at radius 1 is 1.18 bits per heavy atom. The van der Waals surface area contributed by atoms with E-state index in [0.29, 0.717) is 12.8 Å². The van der Waals surface area contributed by atoms with Crippen LogP contribution >= 0.6 is 0 Å². The Morgan fingerprint density at radius 2 is 1.65 bits per heavy atom. The van der Waals surface area contributed by atoms with Crippen molar-refractivity contribution in [2.24, 2.45) is 4.99 Å². The molecule has 1 fully saturated rings. The first kappa shape index (κ1) is 15.0. The Balaban J connectivity index is 0.00000144. The van der Waals surface area contributed by atoms with E-state index >= 15 is 0 Å². The first-order valence-electron chi connectivity index (χ1n) is 5.52. The number of nitrogens with zero attached hydrogens (tertiary/aromatic N) is 1. The predicted octanol–water partition coefficient (Wildman–Crippen LogP) is -2.85. The number of hydrogen-bond acceptors (Lipinski definition) is 3. The Kier molecular flexibility index (Phi) is 3.72. The van der Waals surface area contributed by atoms with E-state index in [4.69, 9.17) is 0 Å². The third-order valence-electron chi connectivity index (χ3n) is 3.12. The van der Waals surface area contributed by atoms with Crippen LogP contribution in [0.3, 0.4) is 0 Å².